The fraction of sp³-hybridized carbons (Fsp3) is 0.357. The number of amides is 1. The van der Waals surface area contributed by atoms with Crippen LogP contribution >= 0.6 is 0 Å². The number of rotatable bonds is 5. The number of hydrogen-bond donors (Lipinski definition) is 1. The Morgan fingerprint density at radius 3 is 2.17 bits per heavy atom. The van der Waals surface area contributed by atoms with Crippen molar-refractivity contribution in [3.05, 3.63) is 35.4 Å². The summed E-state index contributed by atoms with van der Waals surface area (Å²) in [5, 5.41) is 2.41. The predicted octanol–water partition coefficient (Wildman–Crippen LogP) is 1.52. The van der Waals surface area contributed by atoms with Crippen LogP contribution in [0, 0.1) is 0 Å². The monoisotopic (exact) mass is 246 g/mol. The standard InChI is InChI=1S/C14H18N2O2/c1-4-11-5-7-12(8-6-11)9-16-13(10(2)17)14(18)15-3/h5-8H,4,9H2,1-3H3,(H,15,18). The average molecular weight is 246 g/mol. The van der Waals surface area contributed by atoms with Crippen LogP contribution in [0.2, 0.25) is 0 Å². The highest BCUT2D eigenvalue weighted by Crippen LogP contribution is 2.06. The molecule has 4 nitrogen and oxygen atoms in total. The first-order valence-corrected chi connectivity index (χ1v) is 5.93. The number of nitrogens with one attached hydrogen (secondary N) is 1. The van der Waals surface area contributed by atoms with Crippen molar-refractivity contribution in [1.82, 2.24) is 5.32 Å². The van der Waals surface area contributed by atoms with Gasteiger partial charge in [-0.15, -0.1) is 0 Å². The van der Waals surface area contributed by atoms with Crippen LogP contribution in [-0.4, -0.2) is 24.4 Å². The molecule has 0 radical (unpaired) electrons. The van der Waals surface area contributed by atoms with Gasteiger partial charge in [-0.1, -0.05) is 31.2 Å². The van der Waals surface area contributed by atoms with E-state index in [0.29, 0.717) is 6.54 Å². The van der Waals surface area contributed by atoms with Gasteiger partial charge in [0.05, 0.1) is 6.54 Å². The van der Waals surface area contributed by atoms with Crippen molar-refractivity contribution in [2.75, 3.05) is 7.05 Å². The second-order valence-corrected chi connectivity index (χ2v) is 3.97. The van der Waals surface area contributed by atoms with Crippen LogP contribution in [0.25, 0.3) is 0 Å². The van der Waals surface area contributed by atoms with Crippen molar-refractivity contribution in [3.8, 4) is 0 Å². The Labute approximate surface area is 107 Å². The summed E-state index contributed by atoms with van der Waals surface area (Å²) in [7, 11) is 1.48. The largest absolute Gasteiger partial charge is 0.354 e. The van der Waals surface area contributed by atoms with Crippen LogP contribution in [0.5, 0.6) is 0 Å². The van der Waals surface area contributed by atoms with E-state index in [2.05, 4.69) is 17.2 Å². The van der Waals surface area contributed by atoms with E-state index >= 15 is 0 Å². The van der Waals surface area contributed by atoms with Gasteiger partial charge in [-0.05, 0) is 17.5 Å². The Bertz CT molecular complexity index is 461. The van der Waals surface area contributed by atoms with Gasteiger partial charge in [-0.25, -0.2) is 0 Å². The Kier molecular flexibility index (Phi) is 5.24. The molecular formula is C14H18N2O2. The summed E-state index contributed by atoms with van der Waals surface area (Å²) in [6.45, 7) is 3.77. The van der Waals surface area contributed by atoms with Crippen LogP contribution in [0.4, 0.5) is 0 Å². The van der Waals surface area contributed by atoms with Gasteiger partial charge in [0.25, 0.3) is 5.91 Å². The molecule has 1 aromatic carbocycles. The molecule has 0 bridgehead atoms. The minimum absolute atomic E-state index is 0.0305. The highest BCUT2D eigenvalue weighted by atomic mass is 16.2. The van der Waals surface area contributed by atoms with E-state index in [1.165, 1.54) is 19.5 Å². The van der Waals surface area contributed by atoms with E-state index in [9.17, 15) is 9.59 Å². The van der Waals surface area contributed by atoms with Crippen LogP contribution in [0.1, 0.15) is 25.0 Å². The minimum atomic E-state index is -0.437. The number of nitrogens with zero attached hydrogens (tertiary/aromatic N) is 1. The van der Waals surface area contributed by atoms with Gasteiger partial charge < -0.3 is 5.32 Å². The maximum absolute atomic E-state index is 11.4. The fourth-order valence-corrected chi connectivity index (χ4v) is 1.51. The molecule has 96 valence electrons. The number of ketones is 1. The lowest BCUT2D eigenvalue weighted by Crippen LogP contribution is -2.32. The molecule has 0 heterocycles. The van der Waals surface area contributed by atoms with E-state index in [1.54, 1.807) is 0 Å². The van der Waals surface area contributed by atoms with Gasteiger partial charge in [0.1, 0.15) is 0 Å². The van der Waals surface area contributed by atoms with E-state index in [0.717, 1.165) is 12.0 Å². The molecule has 0 aliphatic carbocycles. The third kappa shape index (κ3) is 3.80. The normalized spacial score (nSPS) is 11.2. The Morgan fingerprint density at radius 1 is 1.17 bits per heavy atom. The van der Waals surface area contributed by atoms with Crippen LogP contribution in [0.15, 0.2) is 29.3 Å². The van der Waals surface area contributed by atoms with Gasteiger partial charge in [-0.3, -0.25) is 14.6 Å². The maximum Gasteiger partial charge on any atom is 0.272 e. The van der Waals surface area contributed by atoms with Crippen LogP contribution in [-0.2, 0) is 22.6 Å². The lowest BCUT2D eigenvalue weighted by Gasteiger charge is -2.03. The Morgan fingerprint density at radius 2 is 1.72 bits per heavy atom. The van der Waals surface area contributed by atoms with Crippen molar-refractivity contribution in [1.29, 1.82) is 0 Å². The number of hydrogen-bond acceptors (Lipinski definition) is 3. The third-order valence-electron chi connectivity index (χ3n) is 2.63. The highest BCUT2D eigenvalue weighted by Gasteiger charge is 2.13. The zero-order chi connectivity index (χ0) is 13.5. The second-order valence-electron chi connectivity index (χ2n) is 3.97. The fourth-order valence-electron chi connectivity index (χ4n) is 1.51. The summed E-state index contributed by atoms with van der Waals surface area (Å²) in [5.41, 5.74) is 2.20. The molecule has 0 saturated carbocycles. The first kappa shape index (κ1) is 14.1. The summed E-state index contributed by atoms with van der Waals surface area (Å²) in [4.78, 5) is 26.8. The summed E-state index contributed by atoms with van der Waals surface area (Å²) in [6.07, 6.45) is 0.987. The van der Waals surface area contributed by atoms with Crippen molar-refractivity contribution in [2.24, 2.45) is 4.99 Å². The number of carbonyl (C=O) groups excluding carboxylic acids is 2. The summed E-state index contributed by atoms with van der Waals surface area (Å²) < 4.78 is 0. The Hall–Kier alpha value is -1.97. The van der Waals surface area contributed by atoms with E-state index < -0.39 is 5.91 Å². The predicted molar refractivity (Wildman–Crippen MR) is 71.7 cm³/mol. The molecule has 0 spiro atoms. The summed E-state index contributed by atoms with van der Waals surface area (Å²) >= 11 is 0. The smallest absolute Gasteiger partial charge is 0.272 e. The van der Waals surface area contributed by atoms with Gasteiger partial charge in [0.15, 0.2) is 11.5 Å². The highest BCUT2D eigenvalue weighted by molar-refractivity contribution is 6.65. The minimum Gasteiger partial charge on any atom is -0.354 e. The molecule has 0 aliphatic rings. The van der Waals surface area contributed by atoms with Gasteiger partial charge in [0, 0.05) is 14.0 Å². The Balaban J connectivity index is 2.81. The second kappa shape index (κ2) is 6.69. The number of aryl methyl sites for hydroxylation is 1. The first-order chi connectivity index (χ1) is 8.58. The zero-order valence-electron chi connectivity index (χ0n) is 11.0. The maximum atomic E-state index is 11.4. The molecule has 1 aromatic rings. The molecule has 1 N–H and O–H groups in total. The average Bonchev–Trinajstić information content (AvgIpc) is 2.39. The molecule has 1 rings (SSSR count). The quantitative estimate of drug-likeness (QED) is 0.632. The molecule has 0 fully saturated rings. The topological polar surface area (TPSA) is 58.5 Å². The van der Waals surface area contributed by atoms with Crippen molar-refractivity contribution >= 4 is 17.4 Å². The zero-order valence-corrected chi connectivity index (χ0v) is 11.0. The number of aliphatic imine (C=N–C) groups is 1. The van der Waals surface area contributed by atoms with Gasteiger partial charge >= 0.3 is 0 Å². The van der Waals surface area contributed by atoms with Crippen molar-refractivity contribution < 1.29 is 9.59 Å². The molecule has 0 aliphatic heterocycles. The van der Waals surface area contributed by atoms with E-state index in [-0.39, 0.29) is 11.5 Å². The first-order valence-electron chi connectivity index (χ1n) is 5.93. The molecule has 0 unspecified atom stereocenters. The van der Waals surface area contributed by atoms with Gasteiger partial charge in [-0.2, -0.15) is 0 Å². The van der Waals surface area contributed by atoms with Gasteiger partial charge in [0.2, 0.25) is 0 Å². The van der Waals surface area contributed by atoms with E-state index in [4.69, 9.17) is 0 Å². The van der Waals surface area contributed by atoms with Crippen LogP contribution in [0.3, 0.4) is 0 Å². The van der Waals surface area contributed by atoms with Crippen molar-refractivity contribution in [3.63, 3.8) is 0 Å². The summed E-state index contributed by atoms with van der Waals surface area (Å²) in [6, 6.07) is 7.98. The lowest BCUT2D eigenvalue weighted by atomic mass is 10.1. The number of Topliss-reactive ketones (excluding diaryl/α,β-unsaturated/α-hetero) is 1. The number of carbonyl (C=O) groups is 2. The molecule has 4 heteroatoms. The molecular weight excluding hydrogens is 228 g/mol. The third-order valence-corrected chi connectivity index (χ3v) is 2.63. The molecule has 0 aromatic heterocycles. The SMILES string of the molecule is CCc1ccc(CN=C(C(C)=O)C(=O)NC)cc1. The van der Waals surface area contributed by atoms with Crippen molar-refractivity contribution in [2.45, 2.75) is 26.8 Å². The van der Waals surface area contributed by atoms with Crippen LogP contribution < -0.4 is 5.32 Å². The molecule has 0 atom stereocenters. The molecule has 1 amide bonds. The molecule has 18 heavy (non-hydrogen) atoms. The number of benzene rings is 1. The van der Waals surface area contributed by atoms with E-state index in [1.807, 2.05) is 24.3 Å². The lowest BCUT2D eigenvalue weighted by molar-refractivity contribution is -0.117. The molecule has 0 saturated heterocycles. The summed E-state index contributed by atoms with van der Waals surface area (Å²) in [5.74, 6) is -0.757.